The molecular formula is C15H18N4. The fourth-order valence-corrected chi connectivity index (χ4v) is 1.95. The molecule has 0 saturated carbocycles. The summed E-state index contributed by atoms with van der Waals surface area (Å²) in [5, 5.41) is 12.7. The normalized spacial score (nSPS) is 10.7. The summed E-state index contributed by atoms with van der Waals surface area (Å²) in [5.74, 6) is 0.879. The molecule has 0 amide bonds. The smallest absolute Gasteiger partial charge is 0.110 e. The summed E-state index contributed by atoms with van der Waals surface area (Å²) in [6.07, 6.45) is 3.61. The van der Waals surface area contributed by atoms with Crippen molar-refractivity contribution < 1.29 is 0 Å². The maximum absolute atomic E-state index is 9.31. The van der Waals surface area contributed by atoms with E-state index in [1.54, 1.807) is 6.20 Å². The Labute approximate surface area is 113 Å². The molecule has 1 aromatic carbocycles. The van der Waals surface area contributed by atoms with Crippen LogP contribution in [0.4, 0.5) is 0 Å². The van der Waals surface area contributed by atoms with Crippen molar-refractivity contribution in [3.8, 4) is 11.8 Å². The predicted molar refractivity (Wildman–Crippen MR) is 75.0 cm³/mol. The van der Waals surface area contributed by atoms with Crippen molar-refractivity contribution in [1.29, 1.82) is 5.26 Å². The van der Waals surface area contributed by atoms with Crippen LogP contribution in [-0.4, -0.2) is 15.6 Å². The maximum Gasteiger partial charge on any atom is 0.110 e. The van der Waals surface area contributed by atoms with Gasteiger partial charge in [-0.3, -0.25) is 0 Å². The number of aromatic nitrogens is 2. The number of nitrogens with one attached hydrogen (secondary N) is 1. The highest BCUT2D eigenvalue weighted by Crippen LogP contribution is 2.17. The van der Waals surface area contributed by atoms with Crippen LogP contribution in [0, 0.1) is 18.3 Å². The van der Waals surface area contributed by atoms with E-state index in [1.807, 2.05) is 35.9 Å². The predicted octanol–water partition coefficient (Wildman–Crippen LogP) is 2.55. The highest BCUT2D eigenvalue weighted by atomic mass is 15.1. The van der Waals surface area contributed by atoms with Gasteiger partial charge < -0.3 is 9.88 Å². The second kappa shape index (κ2) is 5.68. The lowest BCUT2D eigenvalue weighted by atomic mass is 10.1. The molecule has 1 aromatic heterocycles. The lowest BCUT2D eigenvalue weighted by molar-refractivity contribution is 0.589. The van der Waals surface area contributed by atoms with Crippen LogP contribution < -0.4 is 5.32 Å². The number of hydrogen-bond donors (Lipinski definition) is 1. The third kappa shape index (κ3) is 3.01. The molecule has 1 N–H and O–H groups in total. The summed E-state index contributed by atoms with van der Waals surface area (Å²) >= 11 is 0. The first-order valence-electron chi connectivity index (χ1n) is 6.38. The zero-order valence-corrected chi connectivity index (χ0v) is 11.5. The molecule has 2 rings (SSSR count). The van der Waals surface area contributed by atoms with Gasteiger partial charge in [0.15, 0.2) is 0 Å². The summed E-state index contributed by atoms with van der Waals surface area (Å²) < 4.78 is 1.93. The molecule has 19 heavy (non-hydrogen) atoms. The van der Waals surface area contributed by atoms with E-state index in [-0.39, 0.29) is 0 Å². The average molecular weight is 254 g/mol. The van der Waals surface area contributed by atoms with Crippen molar-refractivity contribution in [2.75, 3.05) is 0 Å². The van der Waals surface area contributed by atoms with Gasteiger partial charge in [-0.2, -0.15) is 5.26 Å². The number of rotatable bonds is 4. The van der Waals surface area contributed by atoms with E-state index in [4.69, 9.17) is 0 Å². The third-order valence-corrected chi connectivity index (χ3v) is 2.98. The van der Waals surface area contributed by atoms with Gasteiger partial charge in [-0.1, -0.05) is 19.9 Å². The summed E-state index contributed by atoms with van der Waals surface area (Å²) in [7, 11) is 0. The van der Waals surface area contributed by atoms with E-state index in [0.717, 1.165) is 23.6 Å². The van der Waals surface area contributed by atoms with Gasteiger partial charge >= 0.3 is 0 Å². The number of aryl methyl sites for hydroxylation is 1. The van der Waals surface area contributed by atoms with E-state index in [2.05, 4.69) is 30.2 Å². The molecule has 0 radical (unpaired) electrons. The number of nitrogens with zero attached hydrogens (tertiary/aromatic N) is 3. The number of nitriles is 1. The topological polar surface area (TPSA) is 53.6 Å². The highest BCUT2D eigenvalue weighted by Gasteiger charge is 2.08. The lowest BCUT2D eigenvalue weighted by Crippen LogP contribution is -2.21. The van der Waals surface area contributed by atoms with Crippen LogP contribution in [-0.2, 0) is 6.54 Å². The molecule has 0 aliphatic carbocycles. The molecule has 0 aliphatic rings. The molecule has 4 heteroatoms. The average Bonchev–Trinajstić information content (AvgIpc) is 2.82. The molecule has 0 spiro atoms. The monoisotopic (exact) mass is 254 g/mol. The minimum Gasteiger partial charge on any atom is -0.310 e. The van der Waals surface area contributed by atoms with Crippen LogP contribution in [0.1, 0.15) is 30.8 Å². The van der Waals surface area contributed by atoms with Gasteiger partial charge in [0.2, 0.25) is 0 Å². The molecule has 1 heterocycles. The summed E-state index contributed by atoms with van der Waals surface area (Å²) in [4.78, 5) is 4.19. The Bertz CT molecular complexity index is 605. The summed E-state index contributed by atoms with van der Waals surface area (Å²) in [6.45, 7) is 6.91. The molecule has 98 valence electrons. The van der Waals surface area contributed by atoms with E-state index < -0.39 is 0 Å². The number of hydrogen-bond acceptors (Lipinski definition) is 3. The zero-order valence-electron chi connectivity index (χ0n) is 11.5. The Morgan fingerprint density at radius 2 is 2.21 bits per heavy atom. The first-order chi connectivity index (χ1) is 9.11. The Morgan fingerprint density at radius 3 is 2.79 bits per heavy atom. The van der Waals surface area contributed by atoms with E-state index in [0.29, 0.717) is 11.6 Å². The molecule has 2 aromatic rings. The molecule has 0 unspecified atom stereocenters. The Kier molecular flexibility index (Phi) is 3.98. The first kappa shape index (κ1) is 13.3. The van der Waals surface area contributed by atoms with Gasteiger partial charge in [-0.05, 0) is 24.6 Å². The molecule has 0 atom stereocenters. The molecule has 0 saturated heterocycles. The maximum atomic E-state index is 9.31. The zero-order chi connectivity index (χ0) is 13.8. The van der Waals surface area contributed by atoms with Gasteiger partial charge in [0.1, 0.15) is 11.9 Å². The first-order valence-corrected chi connectivity index (χ1v) is 6.38. The summed E-state index contributed by atoms with van der Waals surface area (Å²) in [6, 6.07) is 8.65. The van der Waals surface area contributed by atoms with Gasteiger partial charge in [-0.15, -0.1) is 0 Å². The highest BCUT2D eigenvalue weighted by molar-refractivity contribution is 5.51. The SMILES string of the molecule is Cc1nccn1-c1ccc(CNC(C)C)cc1C#N. The molecule has 0 bridgehead atoms. The fraction of sp³-hybridized carbons (Fsp3) is 0.333. The number of imidazole rings is 1. The minimum atomic E-state index is 0.432. The Balaban J connectivity index is 2.33. The second-order valence-corrected chi connectivity index (χ2v) is 4.84. The second-order valence-electron chi connectivity index (χ2n) is 4.84. The van der Waals surface area contributed by atoms with Crippen molar-refractivity contribution in [2.45, 2.75) is 33.4 Å². The van der Waals surface area contributed by atoms with E-state index >= 15 is 0 Å². The van der Waals surface area contributed by atoms with E-state index in [9.17, 15) is 5.26 Å². The number of benzene rings is 1. The van der Waals surface area contributed by atoms with Crippen molar-refractivity contribution >= 4 is 0 Å². The van der Waals surface area contributed by atoms with Crippen LogP contribution in [0.25, 0.3) is 5.69 Å². The standard InChI is InChI=1S/C15H18N4/c1-11(2)18-10-13-4-5-15(14(8-13)9-16)19-7-6-17-12(19)3/h4-8,11,18H,10H2,1-3H3. The van der Waals surface area contributed by atoms with E-state index in [1.165, 1.54) is 0 Å². The quantitative estimate of drug-likeness (QED) is 0.912. The third-order valence-electron chi connectivity index (χ3n) is 2.98. The van der Waals surface area contributed by atoms with Crippen LogP contribution >= 0.6 is 0 Å². The lowest BCUT2D eigenvalue weighted by Gasteiger charge is -2.11. The summed E-state index contributed by atoms with van der Waals surface area (Å²) in [5.41, 5.74) is 2.67. The molecule has 0 fully saturated rings. The molecule has 4 nitrogen and oxygen atoms in total. The largest absolute Gasteiger partial charge is 0.310 e. The Morgan fingerprint density at radius 1 is 1.42 bits per heavy atom. The fourth-order valence-electron chi connectivity index (χ4n) is 1.95. The Hall–Kier alpha value is -2.12. The van der Waals surface area contributed by atoms with Crippen molar-refractivity contribution in [1.82, 2.24) is 14.9 Å². The molecule has 0 aliphatic heterocycles. The van der Waals surface area contributed by atoms with Gasteiger partial charge in [0, 0.05) is 25.0 Å². The van der Waals surface area contributed by atoms with Crippen molar-refractivity contribution in [2.24, 2.45) is 0 Å². The molecular weight excluding hydrogens is 236 g/mol. The van der Waals surface area contributed by atoms with Crippen molar-refractivity contribution in [3.63, 3.8) is 0 Å². The van der Waals surface area contributed by atoms with Gasteiger partial charge in [0.25, 0.3) is 0 Å². The van der Waals surface area contributed by atoms with Crippen LogP contribution in [0.2, 0.25) is 0 Å². The van der Waals surface area contributed by atoms with Crippen LogP contribution in [0.5, 0.6) is 0 Å². The van der Waals surface area contributed by atoms with Crippen LogP contribution in [0.3, 0.4) is 0 Å². The van der Waals surface area contributed by atoms with Crippen molar-refractivity contribution in [3.05, 3.63) is 47.5 Å². The van der Waals surface area contributed by atoms with Gasteiger partial charge in [-0.25, -0.2) is 4.98 Å². The van der Waals surface area contributed by atoms with Gasteiger partial charge in [0.05, 0.1) is 11.3 Å². The van der Waals surface area contributed by atoms with Crippen LogP contribution in [0.15, 0.2) is 30.6 Å². The minimum absolute atomic E-state index is 0.432.